The summed E-state index contributed by atoms with van der Waals surface area (Å²) in [6.45, 7) is 20.5. The van der Waals surface area contributed by atoms with Gasteiger partial charge in [-0.1, -0.05) is 41.0 Å². The zero-order valence-corrected chi connectivity index (χ0v) is 22.8. The van der Waals surface area contributed by atoms with Gasteiger partial charge in [0.15, 0.2) is 0 Å². The first kappa shape index (κ1) is 29.7. The van der Waals surface area contributed by atoms with Crippen molar-refractivity contribution in [3.8, 4) is 0 Å². The first-order valence-electron chi connectivity index (χ1n) is 12.6. The molecule has 1 unspecified atom stereocenters. The summed E-state index contributed by atoms with van der Waals surface area (Å²) in [5.74, 6) is -0.0337. The maximum Gasteiger partial charge on any atom is 0.412 e. The SMILES string of the molecule is CCCCNC(=O)C(C[C@@H]1OC(C)(C)N(C(=O)OC(C)(C)C)[C@H]1CC(C)(C)CCO)C(C)C. The average molecular weight is 471 g/mol. The van der Waals surface area contributed by atoms with Gasteiger partial charge in [0, 0.05) is 19.1 Å². The topological polar surface area (TPSA) is 88.1 Å². The maximum atomic E-state index is 13.3. The molecule has 7 heteroatoms. The molecule has 2 N–H and O–H groups in total. The number of hydrogen-bond acceptors (Lipinski definition) is 5. The Morgan fingerprint density at radius 1 is 1.18 bits per heavy atom. The molecule has 1 saturated heterocycles. The molecule has 0 radical (unpaired) electrons. The molecule has 0 aliphatic carbocycles. The van der Waals surface area contributed by atoms with Gasteiger partial charge in [-0.25, -0.2) is 4.79 Å². The molecular weight excluding hydrogens is 420 g/mol. The summed E-state index contributed by atoms with van der Waals surface area (Å²) in [7, 11) is 0. The number of rotatable bonds is 11. The third-order valence-electron chi connectivity index (χ3n) is 6.38. The number of nitrogens with zero attached hydrogens (tertiary/aromatic N) is 1. The van der Waals surface area contributed by atoms with Gasteiger partial charge in [-0.15, -0.1) is 0 Å². The molecule has 194 valence electrons. The highest BCUT2D eigenvalue weighted by Crippen LogP contribution is 2.42. The van der Waals surface area contributed by atoms with Crippen LogP contribution in [0.1, 0.15) is 101 Å². The van der Waals surface area contributed by atoms with Gasteiger partial charge >= 0.3 is 6.09 Å². The fourth-order valence-corrected chi connectivity index (χ4v) is 4.59. The summed E-state index contributed by atoms with van der Waals surface area (Å²) in [4.78, 5) is 28.0. The number of aliphatic hydroxyl groups excluding tert-OH is 1. The molecule has 0 aromatic carbocycles. The molecule has 3 atom stereocenters. The molecule has 0 aromatic rings. The van der Waals surface area contributed by atoms with Crippen molar-refractivity contribution in [3.05, 3.63) is 0 Å². The minimum absolute atomic E-state index is 0.0453. The van der Waals surface area contributed by atoms with E-state index in [0.717, 1.165) is 12.8 Å². The zero-order valence-electron chi connectivity index (χ0n) is 22.8. The maximum absolute atomic E-state index is 13.3. The standard InChI is InChI=1S/C26H50N2O5/c1-11-12-14-27-22(30)19(18(2)3)16-21-20(17-25(7,8)13-15-29)28(26(9,10)32-21)23(31)33-24(4,5)6/h18-21,29H,11-17H2,1-10H3,(H,27,30)/t19?,20-,21-/m0/s1. The van der Waals surface area contributed by atoms with Gasteiger partial charge in [0.05, 0.1) is 12.1 Å². The second-order valence-corrected chi connectivity index (χ2v) is 12.1. The number of carbonyl (C=O) groups is 2. The number of ether oxygens (including phenoxy) is 2. The number of nitrogens with one attached hydrogen (secondary N) is 1. The number of amides is 2. The zero-order chi connectivity index (χ0) is 25.6. The van der Waals surface area contributed by atoms with Crippen LogP contribution >= 0.6 is 0 Å². The molecule has 1 aliphatic rings. The highest BCUT2D eigenvalue weighted by molar-refractivity contribution is 5.79. The van der Waals surface area contributed by atoms with E-state index in [1.165, 1.54) is 0 Å². The van der Waals surface area contributed by atoms with Crippen LogP contribution in [0.5, 0.6) is 0 Å². The summed E-state index contributed by atoms with van der Waals surface area (Å²) in [6, 6.07) is -0.263. The Kier molecular flexibility index (Phi) is 10.7. The Bertz CT molecular complexity index is 639. The van der Waals surface area contributed by atoms with E-state index < -0.39 is 17.4 Å². The number of unbranched alkanes of at least 4 members (excludes halogenated alkanes) is 1. The Hall–Kier alpha value is -1.34. The van der Waals surface area contributed by atoms with E-state index in [0.29, 0.717) is 25.8 Å². The lowest BCUT2D eigenvalue weighted by Gasteiger charge is -2.38. The number of hydrogen-bond donors (Lipinski definition) is 2. The predicted octanol–water partition coefficient (Wildman–Crippen LogP) is 5.10. The molecule has 1 aliphatic heterocycles. The fourth-order valence-electron chi connectivity index (χ4n) is 4.59. The smallest absolute Gasteiger partial charge is 0.412 e. The minimum atomic E-state index is -0.868. The number of aliphatic hydroxyl groups is 1. The van der Waals surface area contributed by atoms with E-state index in [9.17, 15) is 14.7 Å². The summed E-state index contributed by atoms with van der Waals surface area (Å²) in [5, 5.41) is 12.7. The first-order valence-corrected chi connectivity index (χ1v) is 12.6. The van der Waals surface area contributed by atoms with Crippen molar-refractivity contribution in [2.45, 2.75) is 125 Å². The van der Waals surface area contributed by atoms with Crippen LogP contribution in [-0.4, -0.2) is 58.6 Å². The molecule has 0 saturated carbocycles. The summed E-state index contributed by atoms with van der Waals surface area (Å²) in [6.07, 6.45) is 3.04. The molecule has 0 bridgehead atoms. The largest absolute Gasteiger partial charge is 0.444 e. The lowest BCUT2D eigenvalue weighted by molar-refractivity contribution is -0.129. The van der Waals surface area contributed by atoms with Crippen molar-refractivity contribution >= 4 is 12.0 Å². The highest BCUT2D eigenvalue weighted by Gasteiger charge is 2.53. The monoisotopic (exact) mass is 470 g/mol. The van der Waals surface area contributed by atoms with Crippen molar-refractivity contribution in [2.75, 3.05) is 13.2 Å². The first-order chi connectivity index (χ1) is 15.0. The van der Waals surface area contributed by atoms with Gasteiger partial charge in [0.25, 0.3) is 0 Å². The van der Waals surface area contributed by atoms with Crippen LogP contribution in [0.25, 0.3) is 0 Å². The van der Waals surface area contributed by atoms with Gasteiger partial charge in [0.2, 0.25) is 5.91 Å². The van der Waals surface area contributed by atoms with Gasteiger partial charge in [-0.2, -0.15) is 0 Å². The van der Waals surface area contributed by atoms with Gasteiger partial charge in [-0.05, 0) is 71.6 Å². The lowest BCUT2D eigenvalue weighted by Crippen LogP contribution is -2.51. The second kappa shape index (κ2) is 11.9. The van der Waals surface area contributed by atoms with Gasteiger partial charge < -0.3 is 19.9 Å². The summed E-state index contributed by atoms with van der Waals surface area (Å²) >= 11 is 0. The van der Waals surface area contributed by atoms with Crippen LogP contribution in [0, 0.1) is 17.3 Å². The molecule has 7 nitrogen and oxygen atoms in total. The summed E-state index contributed by atoms with van der Waals surface area (Å²) < 4.78 is 12.2. The second-order valence-electron chi connectivity index (χ2n) is 12.1. The fraction of sp³-hybridized carbons (Fsp3) is 0.923. The normalized spacial score (nSPS) is 21.9. The van der Waals surface area contributed by atoms with E-state index in [1.807, 2.05) is 34.6 Å². The molecule has 0 spiro atoms. The summed E-state index contributed by atoms with van der Waals surface area (Å²) in [5.41, 5.74) is -1.71. The third kappa shape index (κ3) is 9.08. The van der Waals surface area contributed by atoms with Crippen molar-refractivity contribution in [2.24, 2.45) is 17.3 Å². The quantitative estimate of drug-likeness (QED) is 0.410. The average Bonchev–Trinajstić information content (AvgIpc) is 2.86. The number of carbonyl (C=O) groups excluding carboxylic acids is 2. The molecule has 2 amide bonds. The molecule has 1 fully saturated rings. The Balaban J connectivity index is 3.25. The van der Waals surface area contributed by atoms with Crippen LogP contribution in [0.3, 0.4) is 0 Å². The molecule has 1 rings (SSSR count). The van der Waals surface area contributed by atoms with Crippen LogP contribution in [0.4, 0.5) is 4.79 Å². The van der Waals surface area contributed by atoms with Gasteiger partial charge in [0.1, 0.15) is 11.3 Å². The third-order valence-corrected chi connectivity index (χ3v) is 6.38. The minimum Gasteiger partial charge on any atom is -0.444 e. The molecular formula is C26H50N2O5. The van der Waals surface area contributed by atoms with Crippen molar-refractivity contribution in [1.29, 1.82) is 0 Å². The van der Waals surface area contributed by atoms with Crippen LogP contribution in [0.15, 0.2) is 0 Å². The van der Waals surface area contributed by atoms with Crippen LogP contribution in [-0.2, 0) is 14.3 Å². The Morgan fingerprint density at radius 2 is 1.79 bits per heavy atom. The predicted molar refractivity (Wildman–Crippen MR) is 132 cm³/mol. The molecule has 33 heavy (non-hydrogen) atoms. The van der Waals surface area contributed by atoms with Crippen LogP contribution < -0.4 is 5.32 Å². The highest BCUT2D eigenvalue weighted by atomic mass is 16.6. The van der Waals surface area contributed by atoms with Gasteiger partial charge in [-0.3, -0.25) is 9.69 Å². The van der Waals surface area contributed by atoms with E-state index in [-0.39, 0.29) is 41.9 Å². The van der Waals surface area contributed by atoms with E-state index in [2.05, 4.69) is 39.9 Å². The van der Waals surface area contributed by atoms with Crippen LogP contribution in [0.2, 0.25) is 0 Å². The molecule has 0 aromatic heterocycles. The molecule has 1 heterocycles. The van der Waals surface area contributed by atoms with E-state index in [4.69, 9.17) is 9.47 Å². The lowest BCUT2D eigenvalue weighted by atomic mass is 9.79. The van der Waals surface area contributed by atoms with Crippen molar-refractivity contribution in [1.82, 2.24) is 10.2 Å². The van der Waals surface area contributed by atoms with E-state index in [1.54, 1.807) is 4.90 Å². The Morgan fingerprint density at radius 3 is 2.27 bits per heavy atom. The van der Waals surface area contributed by atoms with Crippen molar-refractivity contribution in [3.63, 3.8) is 0 Å². The van der Waals surface area contributed by atoms with E-state index >= 15 is 0 Å². The van der Waals surface area contributed by atoms with Crippen molar-refractivity contribution < 1.29 is 24.2 Å². The Labute approximate surface area is 202 Å².